The molecule has 2 aromatic carbocycles. The molecule has 0 aliphatic rings. The molecule has 2 amide bonds. The van der Waals surface area contributed by atoms with E-state index in [4.69, 9.17) is 4.74 Å². The molecule has 2 N–H and O–H groups in total. The minimum Gasteiger partial charge on any atom is -0.465 e. The van der Waals surface area contributed by atoms with E-state index in [9.17, 15) is 14.4 Å². The van der Waals surface area contributed by atoms with Gasteiger partial charge in [-0.15, -0.1) is 0 Å². The molecule has 134 valence electrons. The van der Waals surface area contributed by atoms with Crippen LogP contribution < -0.4 is 10.6 Å². The normalized spacial score (nSPS) is 10.4. The molecular weight excluding hydrogens is 332 g/mol. The van der Waals surface area contributed by atoms with Crippen LogP contribution in [0.25, 0.3) is 6.08 Å². The molecule has 26 heavy (non-hydrogen) atoms. The van der Waals surface area contributed by atoms with E-state index in [2.05, 4.69) is 10.6 Å². The van der Waals surface area contributed by atoms with Gasteiger partial charge in [0.05, 0.1) is 12.7 Å². The Kier molecular flexibility index (Phi) is 6.27. The highest BCUT2D eigenvalue weighted by Crippen LogP contribution is 2.19. The molecule has 0 bridgehead atoms. The van der Waals surface area contributed by atoms with Crippen molar-refractivity contribution in [3.8, 4) is 0 Å². The van der Waals surface area contributed by atoms with Crippen molar-refractivity contribution in [3.05, 3.63) is 70.8 Å². The van der Waals surface area contributed by atoms with E-state index >= 15 is 0 Å². The van der Waals surface area contributed by atoms with Crippen molar-refractivity contribution >= 4 is 29.5 Å². The molecule has 0 heterocycles. The summed E-state index contributed by atoms with van der Waals surface area (Å²) in [7, 11) is 2.88. The Hall–Kier alpha value is -3.41. The molecule has 0 unspecified atom stereocenters. The summed E-state index contributed by atoms with van der Waals surface area (Å²) in [6.07, 6.45) is 3.03. The first-order chi connectivity index (χ1) is 12.5. The highest BCUT2D eigenvalue weighted by Gasteiger charge is 2.12. The van der Waals surface area contributed by atoms with Crippen LogP contribution in [-0.4, -0.2) is 31.9 Å². The predicted octanol–water partition coefficient (Wildman–Crippen LogP) is 2.79. The topological polar surface area (TPSA) is 84.5 Å². The van der Waals surface area contributed by atoms with Crippen LogP contribution in [0.1, 0.15) is 31.8 Å². The number of hydrogen-bond donors (Lipinski definition) is 2. The SMILES string of the molecule is CNC(=O)c1ccc(/C=C/C(=O)Nc2cccc(C(=O)OC)c2C)cc1. The summed E-state index contributed by atoms with van der Waals surface area (Å²) in [5.41, 5.74) is 2.91. The van der Waals surface area contributed by atoms with Gasteiger partial charge in [-0.05, 0) is 48.4 Å². The summed E-state index contributed by atoms with van der Waals surface area (Å²) < 4.78 is 4.72. The molecule has 6 nitrogen and oxygen atoms in total. The van der Waals surface area contributed by atoms with Crippen molar-refractivity contribution in [1.82, 2.24) is 5.32 Å². The summed E-state index contributed by atoms with van der Waals surface area (Å²) in [5, 5.41) is 5.29. The molecule has 2 rings (SSSR count). The number of benzene rings is 2. The second-order valence-corrected chi connectivity index (χ2v) is 5.49. The first kappa shape index (κ1) is 18.9. The van der Waals surface area contributed by atoms with Crippen molar-refractivity contribution in [3.63, 3.8) is 0 Å². The smallest absolute Gasteiger partial charge is 0.338 e. The van der Waals surface area contributed by atoms with Crippen LogP contribution in [0.5, 0.6) is 0 Å². The van der Waals surface area contributed by atoms with E-state index < -0.39 is 5.97 Å². The standard InChI is InChI=1S/C20H20N2O4/c1-13-16(20(25)26-3)5-4-6-17(13)22-18(23)12-9-14-7-10-15(11-8-14)19(24)21-2/h4-12H,1-3H3,(H,21,24)(H,22,23)/b12-9+. The third-order valence-corrected chi connectivity index (χ3v) is 3.82. The summed E-state index contributed by atoms with van der Waals surface area (Å²) in [5.74, 6) is -0.949. The Labute approximate surface area is 151 Å². The van der Waals surface area contributed by atoms with Crippen molar-refractivity contribution in [2.45, 2.75) is 6.92 Å². The number of methoxy groups -OCH3 is 1. The number of rotatable bonds is 5. The van der Waals surface area contributed by atoms with Gasteiger partial charge in [-0.3, -0.25) is 9.59 Å². The zero-order valence-electron chi connectivity index (χ0n) is 14.8. The Morgan fingerprint density at radius 3 is 2.35 bits per heavy atom. The zero-order valence-corrected chi connectivity index (χ0v) is 14.8. The van der Waals surface area contributed by atoms with E-state index in [0.717, 1.165) is 5.56 Å². The van der Waals surface area contributed by atoms with Gasteiger partial charge in [0.25, 0.3) is 5.91 Å². The highest BCUT2D eigenvalue weighted by atomic mass is 16.5. The van der Waals surface area contributed by atoms with Crippen LogP contribution in [-0.2, 0) is 9.53 Å². The summed E-state index contributed by atoms with van der Waals surface area (Å²) in [6.45, 7) is 1.74. The largest absolute Gasteiger partial charge is 0.465 e. The van der Waals surface area contributed by atoms with Gasteiger partial charge in [-0.25, -0.2) is 4.79 Å². The molecule has 0 saturated carbocycles. The van der Waals surface area contributed by atoms with Crippen LogP contribution >= 0.6 is 0 Å². The molecule has 0 spiro atoms. The monoisotopic (exact) mass is 352 g/mol. The average Bonchev–Trinajstić information content (AvgIpc) is 2.67. The van der Waals surface area contributed by atoms with E-state index in [1.807, 2.05) is 0 Å². The van der Waals surface area contributed by atoms with Crippen LogP contribution in [0.3, 0.4) is 0 Å². The lowest BCUT2D eigenvalue weighted by Gasteiger charge is -2.10. The third kappa shape index (κ3) is 4.57. The Bertz CT molecular complexity index is 855. The second-order valence-electron chi connectivity index (χ2n) is 5.49. The predicted molar refractivity (Wildman–Crippen MR) is 100 cm³/mol. The van der Waals surface area contributed by atoms with Gasteiger partial charge < -0.3 is 15.4 Å². The maximum Gasteiger partial charge on any atom is 0.338 e. The fourth-order valence-corrected chi connectivity index (χ4v) is 2.34. The Morgan fingerprint density at radius 2 is 1.73 bits per heavy atom. The number of esters is 1. The van der Waals surface area contributed by atoms with Crippen molar-refractivity contribution in [2.24, 2.45) is 0 Å². The van der Waals surface area contributed by atoms with Crippen LogP contribution in [0.15, 0.2) is 48.5 Å². The molecule has 0 saturated heterocycles. The number of carbonyl (C=O) groups is 3. The first-order valence-corrected chi connectivity index (χ1v) is 7.95. The van der Waals surface area contributed by atoms with Gasteiger partial charge in [-0.1, -0.05) is 18.2 Å². The molecular formula is C20H20N2O4. The van der Waals surface area contributed by atoms with Gasteiger partial charge in [0.1, 0.15) is 0 Å². The fraction of sp³-hybridized carbons (Fsp3) is 0.150. The molecule has 0 atom stereocenters. The summed E-state index contributed by atoms with van der Waals surface area (Å²) in [6, 6.07) is 11.9. The molecule has 6 heteroatoms. The van der Waals surface area contributed by atoms with Crippen molar-refractivity contribution in [2.75, 3.05) is 19.5 Å². The van der Waals surface area contributed by atoms with E-state index in [-0.39, 0.29) is 11.8 Å². The number of amides is 2. The lowest BCUT2D eigenvalue weighted by Crippen LogP contribution is -2.17. The van der Waals surface area contributed by atoms with Gasteiger partial charge >= 0.3 is 5.97 Å². The molecule has 0 aromatic heterocycles. The molecule has 0 aliphatic heterocycles. The summed E-state index contributed by atoms with van der Waals surface area (Å²) >= 11 is 0. The maximum absolute atomic E-state index is 12.1. The van der Waals surface area contributed by atoms with Crippen molar-refractivity contribution in [1.29, 1.82) is 0 Å². The van der Waals surface area contributed by atoms with E-state index in [0.29, 0.717) is 22.4 Å². The van der Waals surface area contributed by atoms with Crippen LogP contribution in [0.4, 0.5) is 5.69 Å². The van der Waals surface area contributed by atoms with Gasteiger partial charge in [0, 0.05) is 24.4 Å². The van der Waals surface area contributed by atoms with Gasteiger partial charge in [0.2, 0.25) is 5.91 Å². The Morgan fingerprint density at radius 1 is 1.04 bits per heavy atom. The van der Waals surface area contributed by atoms with Crippen LogP contribution in [0.2, 0.25) is 0 Å². The van der Waals surface area contributed by atoms with Gasteiger partial charge in [-0.2, -0.15) is 0 Å². The second kappa shape index (κ2) is 8.62. The average molecular weight is 352 g/mol. The molecule has 0 aliphatic carbocycles. The number of carbonyl (C=O) groups excluding carboxylic acids is 3. The molecule has 0 radical (unpaired) electrons. The minimum atomic E-state index is -0.453. The third-order valence-electron chi connectivity index (χ3n) is 3.82. The molecule has 0 fully saturated rings. The first-order valence-electron chi connectivity index (χ1n) is 7.95. The summed E-state index contributed by atoms with van der Waals surface area (Å²) in [4.78, 5) is 35.3. The minimum absolute atomic E-state index is 0.167. The lowest BCUT2D eigenvalue weighted by molar-refractivity contribution is -0.111. The lowest BCUT2D eigenvalue weighted by atomic mass is 10.1. The van der Waals surface area contributed by atoms with Gasteiger partial charge in [0.15, 0.2) is 0 Å². The highest BCUT2D eigenvalue weighted by molar-refractivity contribution is 6.03. The maximum atomic E-state index is 12.1. The van der Waals surface area contributed by atoms with E-state index in [1.54, 1.807) is 62.5 Å². The Balaban J connectivity index is 2.08. The van der Waals surface area contributed by atoms with Crippen molar-refractivity contribution < 1.29 is 19.1 Å². The van der Waals surface area contributed by atoms with E-state index in [1.165, 1.54) is 13.2 Å². The number of ether oxygens (including phenoxy) is 1. The van der Waals surface area contributed by atoms with Crippen LogP contribution in [0, 0.1) is 6.92 Å². The quantitative estimate of drug-likeness (QED) is 0.640. The molecule has 2 aromatic rings. The number of hydrogen-bond acceptors (Lipinski definition) is 4. The number of anilines is 1. The number of nitrogens with one attached hydrogen (secondary N) is 2. The fourth-order valence-electron chi connectivity index (χ4n) is 2.34. The zero-order chi connectivity index (χ0) is 19.1.